The number of carbonyl (C=O) groups excluding carboxylic acids is 1. The molecule has 0 aliphatic heterocycles. The molecular weight excluding hydrogens is 316 g/mol. The van der Waals surface area contributed by atoms with Crippen molar-refractivity contribution >= 4 is 17.5 Å². The van der Waals surface area contributed by atoms with Gasteiger partial charge in [-0.3, -0.25) is 4.79 Å². The fourth-order valence-electron chi connectivity index (χ4n) is 1.95. The third-order valence-corrected chi connectivity index (χ3v) is 3.33. The SMILES string of the molecule is COCCOc1ccc(CC(=O)NCc2ccnc(Cl)c2)cc1. The van der Waals surface area contributed by atoms with Crippen LogP contribution in [0.5, 0.6) is 5.75 Å². The number of benzene rings is 1. The van der Waals surface area contributed by atoms with E-state index >= 15 is 0 Å². The zero-order valence-electron chi connectivity index (χ0n) is 12.9. The van der Waals surface area contributed by atoms with Crippen LogP contribution in [-0.4, -0.2) is 31.2 Å². The van der Waals surface area contributed by atoms with Crippen LogP contribution in [0.3, 0.4) is 0 Å². The summed E-state index contributed by atoms with van der Waals surface area (Å²) in [6.45, 7) is 1.48. The maximum atomic E-state index is 12.0. The van der Waals surface area contributed by atoms with E-state index < -0.39 is 0 Å². The van der Waals surface area contributed by atoms with Crippen molar-refractivity contribution < 1.29 is 14.3 Å². The van der Waals surface area contributed by atoms with E-state index in [0.717, 1.165) is 16.9 Å². The van der Waals surface area contributed by atoms with Crippen LogP contribution in [0.25, 0.3) is 0 Å². The smallest absolute Gasteiger partial charge is 0.224 e. The van der Waals surface area contributed by atoms with Gasteiger partial charge in [0.25, 0.3) is 0 Å². The molecule has 2 rings (SSSR count). The minimum absolute atomic E-state index is 0.0500. The minimum atomic E-state index is -0.0500. The van der Waals surface area contributed by atoms with Crippen molar-refractivity contribution in [3.63, 3.8) is 0 Å². The van der Waals surface area contributed by atoms with E-state index in [9.17, 15) is 4.79 Å². The first kappa shape index (κ1) is 17.2. The Morgan fingerprint density at radius 3 is 2.65 bits per heavy atom. The number of hydrogen-bond acceptors (Lipinski definition) is 4. The Hall–Kier alpha value is -2.11. The van der Waals surface area contributed by atoms with Gasteiger partial charge >= 0.3 is 0 Å². The summed E-state index contributed by atoms with van der Waals surface area (Å²) in [6, 6.07) is 11.0. The molecule has 0 spiro atoms. The number of carbonyl (C=O) groups is 1. The summed E-state index contributed by atoms with van der Waals surface area (Å²) in [6.07, 6.45) is 1.93. The lowest BCUT2D eigenvalue weighted by Gasteiger charge is -2.08. The van der Waals surface area contributed by atoms with Crippen molar-refractivity contribution in [3.8, 4) is 5.75 Å². The van der Waals surface area contributed by atoms with Crippen molar-refractivity contribution in [1.82, 2.24) is 10.3 Å². The number of ether oxygens (including phenoxy) is 2. The average molecular weight is 335 g/mol. The number of amides is 1. The van der Waals surface area contributed by atoms with Gasteiger partial charge in [0, 0.05) is 19.9 Å². The van der Waals surface area contributed by atoms with E-state index in [1.807, 2.05) is 30.3 Å². The first-order valence-corrected chi connectivity index (χ1v) is 7.63. The van der Waals surface area contributed by atoms with Gasteiger partial charge < -0.3 is 14.8 Å². The normalized spacial score (nSPS) is 10.3. The molecule has 0 bridgehead atoms. The Labute approximate surface area is 140 Å². The zero-order chi connectivity index (χ0) is 16.5. The van der Waals surface area contributed by atoms with Gasteiger partial charge in [-0.15, -0.1) is 0 Å². The van der Waals surface area contributed by atoms with Crippen LogP contribution >= 0.6 is 11.6 Å². The van der Waals surface area contributed by atoms with Gasteiger partial charge in [-0.1, -0.05) is 23.7 Å². The number of nitrogens with zero attached hydrogens (tertiary/aromatic N) is 1. The van der Waals surface area contributed by atoms with E-state index in [4.69, 9.17) is 21.1 Å². The van der Waals surface area contributed by atoms with Gasteiger partial charge in [0.2, 0.25) is 5.91 Å². The highest BCUT2D eigenvalue weighted by Gasteiger charge is 2.04. The summed E-state index contributed by atoms with van der Waals surface area (Å²) in [7, 11) is 1.63. The molecule has 0 aliphatic carbocycles. The van der Waals surface area contributed by atoms with E-state index in [-0.39, 0.29) is 5.91 Å². The lowest BCUT2D eigenvalue weighted by molar-refractivity contribution is -0.120. The van der Waals surface area contributed by atoms with E-state index in [1.165, 1.54) is 0 Å². The maximum Gasteiger partial charge on any atom is 0.224 e. The van der Waals surface area contributed by atoms with Gasteiger partial charge in [0.1, 0.15) is 17.5 Å². The molecule has 0 saturated carbocycles. The third kappa shape index (κ3) is 6.26. The van der Waals surface area contributed by atoms with Gasteiger partial charge in [0.05, 0.1) is 13.0 Å². The molecule has 0 radical (unpaired) electrons. The predicted octanol–water partition coefficient (Wildman–Crippen LogP) is 2.62. The molecule has 5 nitrogen and oxygen atoms in total. The second kappa shape index (κ2) is 9.12. The topological polar surface area (TPSA) is 60.5 Å². The summed E-state index contributed by atoms with van der Waals surface area (Å²) in [5.41, 5.74) is 1.84. The van der Waals surface area contributed by atoms with Crippen LogP contribution in [0.2, 0.25) is 5.15 Å². The Kier molecular flexibility index (Phi) is 6.84. The van der Waals surface area contributed by atoms with Gasteiger partial charge in [0.15, 0.2) is 0 Å². The lowest BCUT2D eigenvalue weighted by atomic mass is 10.1. The molecule has 0 atom stereocenters. The van der Waals surface area contributed by atoms with Gasteiger partial charge in [-0.2, -0.15) is 0 Å². The highest BCUT2D eigenvalue weighted by Crippen LogP contribution is 2.12. The molecule has 1 N–H and O–H groups in total. The molecule has 1 amide bonds. The number of rotatable bonds is 8. The molecule has 122 valence electrons. The second-order valence-corrected chi connectivity index (χ2v) is 5.31. The molecule has 0 fully saturated rings. The predicted molar refractivity (Wildman–Crippen MR) is 88.6 cm³/mol. The molecule has 0 aliphatic rings. The minimum Gasteiger partial charge on any atom is -0.491 e. The number of hydrogen-bond donors (Lipinski definition) is 1. The Morgan fingerprint density at radius 1 is 1.17 bits per heavy atom. The fraction of sp³-hybridized carbons (Fsp3) is 0.294. The van der Waals surface area contributed by atoms with Crippen molar-refractivity contribution in [2.45, 2.75) is 13.0 Å². The first-order valence-electron chi connectivity index (χ1n) is 7.25. The summed E-state index contributed by atoms with van der Waals surface area (Å²) in [5, 5.41) is 3.28. The van der Waals surface area contributed by atoms with Gasteiger partial charge in [-0.25, -0.2) is 4.98 Å². The van der Waals surface area contributed by atoms with Crippen LogP contribution in [-0.2, 0) is 22.5 Å². The molecule has 6 heteroatoms. The maximum absolute atomic E-state index is 12.0. The quantitative estimate of drug-likeness (QED) is 0.595. The number of methoxy groups -OCH3 is 1. The van der Waals surface area contributed by atoms with E-state index in [1.54, 1.807) is 19.4 Å². The first-order chi connectivity index (χ1) is 11.2. The molecule has 1 aromatic carbocycles. The Bertz CT molecular complexity index is 632. The molecular formula is C17H19ClN2O3. The molecule has 23 heavy (non-hydrogen) atoms. The lowest BCUT2D eigenvalue weighted by Crippen LogP contribution is -2.24. The number of nitrogens with one attached hydrogen (secondary N) is 1. The highest BCUT2D eigenvalue weighted by atomic mass is 35.5. The Morgan fingerprint density at radius 2 is 1.96 bits per heavy atom. The van der Waals surface area contributed by atoms with E-state index in [0.29, 0.717) is 31.3 Å². The summed E-state index contributed by atoms with van der Waals surface area (Å²) in [5.74, 6) is 0.712. The zero-order valence-corrected chi connectivity index (χ0v) is 13.7. The molecule has 0 unspecified atom stereocenters. The summed E-state index contributed by atoms with van der Waals surface area (Å²) >= 11 is 5.81. The van der Waals surface area contributed by atoms with Crippen LogP contribution < -0.4 is 10.1 Å². The molecule has 1 aromatic heterocycles. The Balaban J connectivity index is 1.78. The molecule has 0 saturated heterocycles. The monoisotopic (exact) mass is 334 g/mol. The second-order valence-electron chi connectivity index (χ2n) is 4.93. The van der Waals surface area contributed by atoms with Crippen LogP contribution in [0.4, 0.5) is 0 Å². The average Bonchev–Trinajstić information content (AvgIpc) is 2.55. The standard InChI is InChI=1S/C17H19ClN2O3/c1-22-8-9-23-15-4-2-13(3-5-15)11-17(21)20-12-14-6-7-19-16(18)10-14/h2-7,10H,8-9,11-12H2,1H3,(H,20,21). The number of pyridine rings is 1. The number of aromatic nitrogens is 1. The molecule has 2 aromatic rings. The number of halogens is 1. The van der Waals surface area contributed by atoms with Crippen molar-refractivity contribution in [2.24, 2.45) is 0 Å². The largest absolute Gasteiger partial charge is 0.491 e. The van der Waals surface area contributed by atoms with Crippen LogP contribution in [0, 0.1) is 0 Å². The fourth-order valence-corrected chi connectivity index (χ4v) is 2.14. The molecule has 1 heterocycles. The summed E-state index contributed by atoms with van der Waals surface area (Å²) in [4.78, 5) is 15.9. The van der Waals surface area contributed by atoms with E-state index in [2.05, 4.69) is 10.3 Å². The van der Waals surface area contributed by atoms with Crippen molar-refractivity contribution in [3.05, 3.63) is 58.9 Å². The summed E-state index contributed by atoms with van der Waals surface area (Å²) < 4.78 is 10.4. The van der Waals surface area contributed by atoms with Crippen LogP contribution in [0.15, 0.2) is 42.6 Å². The van der Waals surface area contributed by atoms with Gasteiger partial charge in [-0.05, 0) is 35.4 Å². The third-order valence-electron chi connectivity index (χ3n) is 3.12. The van der Waals surface area contributed by atoms with Crippen LogP contribution in [0.1, 0.15) is 11.1 Å². The van der Waals surface area contributed by atoms with Crippen molar-refractivity contribution in [2.75, 3.05) is 20.3 Å². The highest BCUT2D eigenvalue weighted by molar-refractivity contribution is 6.29. The van der Waals surface area contributed by atoms with Crippen molar-refractivity contribution in [1.29, 1.82) is 0 Å².